The quantitative estimate of drug-likeness (QED) is 0.548. The molecular formula is C10H21. The Balaban J connectivity index is 3.31. The highest BCUT2D eigenvalue weighted by Gasteiger charge is 2.08. The molecule has 0 fully saturated rings. The fourth-order valence-corrected chi connectivity index (χ4v) is 1.16. The Morgan fingerprint density at radius 1 is 1.30 bits per heavy atom. The third-order valence-electron chi connectivity index (χ3n) is 2.34. The third-order valence-corrected chi connectivity index (χ3v) is 2.34. The van der Waals surface area contributed by atoms with Crippen LogP contribution in [0.5, 0.6) is 0 Å². The molecule has 1 radical (unpaired) electrons. The molecule has 2 unspecified atom stereocenters. The Labute approximate surface area is 66.0 Å². The van der Waals surface area contributed by atoms with Gasteiger partial charge in [-0.05, 0) is 18.8 Å². The molecule has 0 aromatic rings. The SMILES string of the molecule is [CH2]C(CC)C(C)CCCC. The number of hydrogen-bond acceptors (Lipinski definition) is 0. The van der Waals surface area contributed by atoms with E-state index in [9.17, 15) is 0 Å². The molecule has 0 saturated heterocycles. The summed E-state index contributed by atoms with van der Waals surface area (Å²) >= 11 is 0. The summed E-state index contributed by atoms with van der Waals surface area (Å²) in [6.45, 7) is 10.9. The van der Waals surface area contributed by atoms with Crippen molar-refractivity contribution in [3.63, 3.8) is 0 Å². The second-order valence-corrected chi connectivity index (χ2v) is 3.29. The lowest BCUT2D eigenvalue weighted by atomic mass is 9.89. The Kier molecular flexibility index (Phi) is 5.76. The highest BCUT2D eigenvalue weighted by atomic mass is 14.1. The zero-order valence-corrected chi connectivity index (χ0v) is 7.69. The van der Waals surface area contributed by atoms with E-state index in [2.05, 4.69) is 27.7 Å². The molecular weight excluding hydrogens is 120 g/mol. The molecule has 0 spiro atoms. The van der Waals surface area contributed by atoms with Crippen LogP contribution in [0, 0.1) is 18.8 Å². The average molecular weight is 141 g/mol. The first-order valence-corrected chi connectivity index (χ1v) is 4.55. The Bertz CT molecular complexity index is 66.4. The summed E-state index contributed by atoms with van der Waals surface area (Å²) < 4.78 is 0. The molecule has 0 aliphatic rings. The Morgan fingerprint density at radius 2 is 1.90 bits per heavy atom. The van der Waals surface area contributed by atoms with Gasteiger partial charge in [0.05, 0.1) is 0 Å². The van der Waals surface area contributed by atoms with E-state index in [1.54, 1.807) is 0 Å². The van der Waals surface area contributed by atoms with Crippen LogP contribution in [0.1, 0.15) is 46.5 Å². The van der Waals surface area contributed by atoms with Crippen LogP contribution >= 0.6 is 0 Å². The van der Waals surface area contributed by atoms with Crippen molar-refractivity contribution < 1.29 is 0 Å². The molecule has 0 amide bonds. The van der Waals surface area contributed by atoms with Crippen molar-refractivity contribution in [2.75, 3.05) is 0 Å². The summed E-state index contributed by atoms with van der Waals surface area (Å²) in [5, 5.41) is 0. The molecule has 0 aliphatic heterocycles. The molecule has 0 aromatic carbocycles. The van der Waals surface area contributed by atoms with E-state index in [0.717, 1.165) is 5.92 Å². The summed E-state index contributed by atoms with van der Waals surface area (Å²) in [4.78, 5) is 0. The van der Waals surface area contributed by atoms with E-state index >= 15 is 0 Å². The molecule has 61 valence electrons. The van der Waals surface area contributed by atoms with E-state index in [4.69, 9.17) is 0 Å². The van der Waals surface area contributed by atoms with Crippen molar-refractivity contribution in [3.8, 4) is 0 Å². The second kappa shape index (κ2) is 5.76. The van der Waals surface area contributed by atoms with Gasteiger partial charge in [-0.15, -0.1) is 0 Å². The van der Waals surface area contributed by atoms with Crippen molar-refractivity contribution in [2.24, 2.45) is 11.8 Å². The van der Waals surface area contributed by atoms with Crippen LogP contribution in [-0.4, -0.2) is 0 Å². The first kappa shape index (κ1) is 10.0. The van der Waals surface area contributed by atoms with Crippen molar-refractivity contribution >= 4 is 0 Å². The topological polar surface area (TPSA) is 0 Å². The van der Waals surface area contributed by atoms with Crippen LogP contribution < -0.4 is 0 Å². The molecule has 2 atom stereocenters. The fourth-order valence-electron chi connectivity index (χ4n) is 1.16. The smallest absolute Gasteiger partial charge is 0.0391 e. The molecule has 0 heteroatoms. The number of rotatable bonds is 5. The summed E-state index contributed by atoms with van der Waals surface area (Å²) in [6.07, 6.45) is 5.28. The monoisotopic (exact) mass is 141 g/mol. The number of hydrogen-bond donors (Lipinski definition) is 0. The lowest BCUT2D eigenvalue weighted by Gasteiger charge is -2.16. The van der Waals surface area contributed by atoms with Gasteiger partial charge in [-0.2, -0.15) is 0 Å². The predicted molar refractivity (Wildman–Crippen MR) is 47.8 cm³/mol. The first-order valence-electron chi connectivity index (χ1n) is 4.55. The van der Waals surface area contributed by atoms with E-state index in [-0.39, 0.29) is 0 Å². The maximum atomic E-state index is 4.11. The fraction of sp³-hybridized carbons (Fsp3) is 0.900. The molecule has 0 N–H and O–H groups in total. The summed E-state index contributed by atoms with van der Waals surface area (Å²) in [5.74, 6) is 1.50. The van der Waals surface area contributed by atoms with Gasteiger partial charge in [0, 0.05) is 0 Å². The number of unbranched alkanes of at least 4 members (excludes halogenated alkanes) is 1. The largest absolute Gasteiger partial charge is 0.0654 e. The van der Waals surface area contributed by atoms with Crippen molar-refractivity contribution in [2.45, 2.75) is 46.5 Å². The van der Waals surface area contributed by atoms with Crippen LogP contribution in [0.2, 0.25) is 0 Å². The predicted octanol–water partition coefficient (Wildman–Crippen LogP) is 3.67. The van der Waals surface area contributed by atoms with Gasteiger partial charge in [-0.3, -0.25) is 0 Å². The van der Waals surface area contributed by atoms with Gasteiger partial charge in [0.25, 0.3) is 0 Å². The van der Waals surface area contributed by atoms with Crippen LogP contribution in [0.4, 0.5) is 0 Å². The lowest BCUT2D eigenvalue weighted by Crippen LogP contribution is -2.06. The molecule has 0 aliphatic carbocycles. The van der Waals surface area contributed by atoms with Crippen LogP contribution in [0.15, 0.2) is 0 Å². The minimum absolute atomic E-state index is 0.673. The third kappa shape index (κ3) is 3.92. The highest BCUT2D eigenvalue weighted by Crippen LogP contribution is 2.19. The normalized spacial score (nSPS) is 16.8. The van der Waals surface area contributed by atoms with Crippen LogP contribution in [-0.2, 0) is 0 Å². The molecule has 0 nitrogen and oxygen atoms in total. The molecule has 0 rings (SSSR count). The van der Waals surface area contributed by atoms with E-state index in [1.807, 2.05) is 0 Å². The molecule has 0 heterocycles. The van der Waals surface area contributed by atoms with Gasteiger partial charge in [0.15, 0.2) is 0 Å². The Morgan fingerprint density at radius 3 is 2.30 bits per heavy atom. The van der Waals surface area contributed by atoms with Gasteiger partial charge < -0.3 is 0 Å². The van der Waals surface area contributed by atoms with Crippen molar-refractivity contribution in [1.29, 1.82) is 0 Å². The first-order chi connectivity index (χ1) is 4.72. The van der Waals surface area contributed by atoms with Crippen LogP contribution in [0.3, 0.4) is 0 Å². The van der Waals surface area contributed by atoms with Crippen molar-refractivity contribution in [1.82, 2.24) is 0 Å². The average Bonchev–Trinajstić information content (AvgIpc) is 1.98. The van der Waals surface area contributed by atoms with Gasteiger partial charge in [-0.25, -0.2) is 0 Å². The van der Waals surface area contributed by atoms with Gasteiger partial charge >= 0.3 is 0 Å². The zero-order chi connectivity index (χ0) is 7.98. The molecule has 10 heavy (non-hydrogen) atoms. The summed E-state index contributed by atoms with van der Waals surface area (Å²) in [7, 11) is 0. The van der Waals surface area contributed by atoms with E-state index in [1.165, 1.54) is 25.7 Å². The summed E-state index contributed by atoms with van der Waals surface area (Å²) in [5.41, 5.74) is 0. The maximum absolute atomic E-state index is 4.11. The standard InChI is InChI=1S/C10H21/c1-5-7-8-10(4)9(3)6-2/h9-10H,3,5-8H2,1-2,4H3. The van der Waals surface area contributed by atoms with Gasteiger partial charge in [-0.1, -0.05) is 46.5 Å². The minimum Gasteiger partial charge on any atom is -0.0654 e. The lowest BCUT2D eigenvalue weighted by molar-refractivity contribution is 0.378. The van der Waals surface area contributed by atoms with Crippen molar-refractivity contribution in [3.05, 3.63) is 6.92 Å². The van der Waals surface area contributed by atoms with Gasteiger partial charge in [0.2, 0.25) is 0 Å². The van der Waals surface area contributed by atoms with E-state index < -0.39 is 0 Å². The van der Waals surface area contributed by atoms with E-state index in [0.29, 0.717) is 5.92 Å². The minimum atomic E-state index is 0.673. The highest BCUT2D eigenvalue weighted by molar-refractivity contribution is 4.66. The Hall–Kier alpha value is 0. The molecule has 0 aromatic heterocycles. The molecule has 0 bridgehead atoms. The summed E-state index contributed by atoms with van der Waals surface area (Å²) in [6, 6.07) is 0. The van der Waals surface area contributed by atoms with Crippen LogP contribution in [0.25, 0.3) is 0 Å². The molecule has 0 saturated carbocycles. The zero-order valence-electron chi connectivity index (χ0n) is 7.69. The maximum Gasteiger partial charge on any atom is -0.0391 e. The second-order valence-electron chi connectivity index (χ2n) is 3.29. The van der Waals surface area contributed by atoms with Gasteiger partial charge in [0.1, 0.15) is 0 Å².